The average molecular weight is 690 g/mol. The molecule has 9 aromatic carbocycles. The number of nitrogens with zero attached hydrogens (tertiary/aromatic N) is 3. The Bertz CT molecular complexity index is 3350. The zero-order chi connectivity index (χ0) is 34.6. The van der Waals surface area contributed by atoms with Crippen LogP contribution in [-0.2, 0) is 0 Å². The molecule has 0 amide bonds. The van der Waals surface area contributed by atoms with Gasteiger partial charge in [0.1, 0.15) is 0 Å². The van der Waals surface area contributed by atoms with Crippen LogP contribution in [0.5, 0.6) is 0 Å². The Morgan fingerprint density at radius 2 is 0.981 bits per heavy atom. The molecular formula is C49H27N3S. The summed E-state index contributed by atoms with van der Waals surface area (Å²) in [4.78, 5) is 16.2. The van der Waals surface area contributed by atoms with Crippen LogP contribution in [0.25, 0.3) is 120 Å². The summed E-state index contributed by atoms with van der Waals surface area (Å²) in [6.07, 6.45) is 0. The van der Waals surface area contributed by atoms with Crippen molar-refractivity contribution in [2.75, 3.05) is 0 Å². The predicted octanol–water partition coefficient (Wildman–Crippen LogP) is 13.5. The van der Waals surface area contributed by atoms with Gasteiger partial charge in [-0.15, -0.1) is 11.3 Å². The van der Waals surface area contributed by atoms with Gasteiger partial charge in [0, 0.05) is 42.4 Å². The highest BCUT2D eigenvalue weighted by Gasteiger charge is 2.28. The SMILES string of the molecule is c1ccc2cc(-c3nc(-c4cc5ccccc5c5ccccc45)nc(-c4cc5c(c6sc7ccccc7c46)-c4cccc6cccc-5c46)n3)ccc2c1. The van der Waals surface area contributed by atoms with Crippen LogP contribution < -0.4 is 0 Å². The third kappa shape index (κ3) is 4.18. The molecule has 0 atom stereocenters. The summed E-state index contributed by atoms with van der Waals surface area (Å²) in [6.45, 7) is 0. The normalized spacial score (nSPS) is 12.2. The van der Waals surface area contributed by atoms with Crippen LogP contribution in [-0.4, -0.2) is 15.0 Å². The Hall–Kier alpha value is -6.75. The van der Waals surface area contributed by atoms with Gasteiger partial charge in [0.15, 0.2) is 17.5 Å². The number of benzene rings is 9. The fourth-order valence-electron chi connectivity index (χ4n) is 8.64. The highest BCUT2D eigenvalue weighted by molar-refractivity contribution is 7.26. The van der Waals surface area contributed by atoms with E-state index in [1.165, 1.54) is 69.4 Å². The molecule has 11 aromatic rings. The first-order valence-electron chi connectivity index (χ1n) is 17.9. The Labute approximate surface area is 308 Å². The van der Waals surface area contributed by atoms with Gasteiger partial charge in [0.2, 0.25) is 0 Å². The van der Waals surface area contributed by atoms with Crippen molar-refractivity contribution in [3.8, 4) is 56.4 Å². The standard InChI is InChI=1S/C49H27N3S/c1-2-12-30-25-32(24-23-28(30)11-1)47-50-48(40-26-31-13-3-4-16-33(31)34-17-5-6-18-35(34)40)52-49(51-47)41-27-39-36-20-9-14-29-15-10-21-38(43(29)36)45(39)46-44(41)37-19-7-8-22-42(37)53-46/h1-27H. The van der Waals surface area contributed by atoms with Crippen LogP contribution in [0.1, 0.15) is 0 Å². The lowest BCUT2D eigenvalue weighted by atomic mass is 9.95. The second kappa shape index (κ2) is 10.9. The van der Waals surface area contributed by atoms with Crippen LogP contribution in [0.15, 0.2) is 164 Å². The number of hydrogen-bond donors (Lipinski definition) is 0. The maximum atomic E-state index is 5.46. The molecule has 0 N–H and O–H groups in total. The molecule has 0 radical (unpaired) electrons. The van der Waals surface area contributed by atoms with Crippen molar-refractivity contribution >= 4 is 74.6 Å². The number of thiophene rings is 1. The molecule has 12 rings (SSSR count). The lowest BCUT2D eigenvalue weighted by Gasteiger charge is -2.14. The topological polar surface area (TPSA) is 38.7 Å². The molecule has 0 spiro atoms. The minimum absolute atomic E-state index is 0.659. The van der Waals surface area contributed by atoms with E-state index in [1.807, 2.05) is 11.3 Å². The van der Waals surface area contributed by atoms with Crippen molar-refractivity contribution in [3.63, 3.8) is 0 Å². The molecule has 0 unspecified atom stereocenters. The zero-order valence-electron chi connectivity index (χ0n) is 28.3. The van der Waals surface area contributed by atoms with Gasteiger partial charge in [-0.3, -0.25) is 0 Å². The quantitative estimate of drug-likeness (QED) is 0.173. The first-order valence-corrected chi connectivity index (χ1v) is 18.8. The van der Waals surface area contributed by atoms with Gasteiger partial charge in [-0.1, -0.05) is 140 Å². The predicted molar refractivity (Wildman–Crippen MR) is 223 cm³/mol. The maximum Gasteiger partial charge on any atom is 0.164 e. The Kier molecular flexibility index (Phi) is 5.93. The summed E-state index contributed by atoms with van der Waals surface area (Å²) in [5.41, 5.74) is 8.08. The van der Waals surface area contributed by atoms with Crippen molar-refractivity contribution in [3.05, 3.63) is 164 Å². The van der Waals surface area contributed by atoms with Crippen LogP contribution in [0.4, 0.5) is 0 Å². The van der Waals surface area contributed by atoms with Crippen molar-refractivity contribution in [1.29, 1.82) is 0 Å². The van der Waals surface area contributed by atoms with Crippen LogP contribution in [0.3, 0.4) is 0 Å². The van der Waals surface area contributed by atoms with Crippen molar-refractivity contribution < 1.29 is 0 Å². The summed E-state index contributed by atoms with van der Waals surface area (Å²) < 4.78 is 2.53. The fourth-order valence-corrected chi connectivity index (χ4v) is 9.93. The smallest absolute Gasteiger partial charge is 0.164 e. The highest BCUT2D eigenvalue weighted by atomic mass is 32.1. The molecule has 2 heterocycles. The van der Waals surface area contributed by atoms with Gasteiger partial charge in [-0.2, -0.15) is 0 Å². The fraction of sp³-hybridized carbons (Fsp3) is 0. The lowest BCUT2D eigenvalue weighted by Crippen LogP contribution is -2.01. The Morgan fingerprint density at radius 1 is 0.340 bits per heavy atom. The number of aromatic nitrogens is 3. The van der Waals surface area contributed by atoms with E-state index in [1.54, 1.807) is 0 Å². The molecule has 0 aliphatic heterocycles. The van der Waals surface area contributed by atoms with Gasteiger partial charge in [0.25, 0.3) is 0 Å². The summed E-state index contributed by atoms with van der Waals surface area (Å²) in [5.74, 6) is 2.00. The first kappa shape index (κ1) is 28.9. The molecule has 244 valence electrons. The summed E-state index contributed by atoms with van der Waals surface area (Å²) in [7, 11) is 0. The zero-order valence-corrected chi connectivity index (χ0v) is 29.2. The monoisotopic (exact) mass is 689 g/mol. The van der Waals surface area contributed by atoms with E-state index in [2.05, 4.69) is 164 Å². The molecule has 2 aromatic heterocycles. The first-order chi connectivity index (χ1) is 26.3. The maximum absolute atomic E-state index is 5.46. The molecule has 1 aliphatic rings. The van der Waals surface area contributed by atoms with Crippen LogP contribution >= 0.6 is 11.3 Å². The summed E-state index contributed by atoms with van der Waals surface area (Å²) in [5, 5.41) is 12.0. The average Bonchev–Trinajstić information content (AvgIpc) is 3.77. The van der Waals surface area contributed by atoms with Crippen LogP contribution in [0.2, 0.25) is 0 Å². The van der Waals surface area contributed by atoms with E-state index >= 15 is 0 Å². The minimum atomic E-state index is 0.659. The van der Waals surface area contributed by atoms with Gasteiger partial charge < -0.3 is 0 Å². The Balaban J connectivity index is 1.21. The number of fused-ring (bicyclic) bond motifs is 11. The van der Waals surface area contributed by atoms with E-state index < -0.39 is 0 Å². The van der Waals surface area contributed by atoms with Gasteiger partial charge in [0.05, 0.1) is 0 Å². The highest BCUT2D eigenvalue weighted by Crippen LogP contribution is 2.55. The van der Waals surface area contributed by atoms with E-state index in [0.717, 1.165) is 32.8 Å². The molecule has 0 saturated carbocycles. The minimum Gasteiger partial charge on any atom is -0.208 e. The molecule has 0 saturated heterocycles. The lowest BCUT2D eigenvalue weighted by molar-refractivity contribution is 1.08. The Morgan fingerprint density at radius 3 is 1.83 bits per heavy atom. The largest absolute Gasteiger partial charge is 0.208 e. The van der Waals surface area contributed by atoms with E-state index in [-0.39, 0.29) is 0 Å². The van der Waals surface area contributed by atoms with E-state index in [4.69, 9.17) is 15.0 Å². The molecule has 0 bridgehead atoms. The van der Waals surface area contributed by atoms with Crippen molar-refractivity contribution in [2.45, 2.75) is 0 Å². The second-order valence-corrected chi connectivity index (χ2v) is 15.0. The molecular weight excluding hydrogens is 663 g/mol. The van der Waals surface area contributed by atoms with Crippen molar-refractivity contribution in [2.24, 2.45) is 0 Å². The third-order valence-corrected chi connectivity index (χ3v) is 12.2. The van der Waals surface area contributed by atoms with Crippen LogP contribution in [0, 0.1) is 0 Å². The van der Waals surface area contributed by atoms with E-state index in [0.29, 0.717) is 17.5 Å². The number of rotatable bonds is 3. The number of hydrogen-bond acceptors (Lipinski definition) is 4. The molecule has 53 heavy (non-hydrogen) atoms. The van der Waals surface area contributed by atoms with Crippen molar-refractivity contribution in [1.82, 2.24) is 15.0 Å². The van der Waals surface area contributed by atoms with Gasteiger partial charge in [-0.25, -0.2) is 15.0 Å². The van der Waals surface area contributed by atoms with Gasteiger partial charge >= 0.3 is 0 Å². The van der Waals surface area contributed by atoms with E-state index in [9.17, 15) is 0 Å². The molecule has 1 aliphatic carbocycles. The summed E-state index contributed by atoms with van der Waals surface area (Å²) in [6, 6.07) is 58.9. The molecule has 4 heteroatoms. The summed E-state index contributed by atoms with van der Waals surface area (Å²) >= 11 is 1.87. The third-order valence-electron chi connectivity index (χ3n) is 11.0. The molecule has 3 nitrogen and oxygen atoms in total. The second-order valence-electron chi connectivity index (χ2n) is 13.9. The van der Waals surface area contributed by atoms with Gasteiger partial charge in [-0.05, 0) is 84.0 Å². The molecule has 0 fully saturated rings.